The molecule has 3 heteroatoms. The van der Waals surface area contributed by atoms with Crippen molar-refractivity contribution < 1.29 is 13.9 Å². The zero-order valence-corrected chi connectivity index (χ0v) is 14.9. The minimum atomic E-state index is -0.168. The second-order valence-electron chi connectivity index (χ2n) is 7.78. The van der Waals surface area contributed by atoms with Gasteiger partial charge in [0.05, 0.1) is 6.26 Å². The van der Waals surface area contributed by atoms with E-state index in [-0.39, 0.29) is 17.5 Å². The number of carbonyl (C=O) groups excluding carboxylic acids is 1. The number of allylic oxidation sites excluding steroid dienone is 1. The molecule has 4 atom stereocenters. The Morgan fingerprint density at radius 1 is 1.43 bits per heavy atom. The summed E-state index contributed by atoms with van der Waals surface area (Å²) in [5.41, 5.74) is 3.67. The van der Waals surface area contributed by atoms with Crippen LogP contribution >= 0.6 is 0 Å². The highest BCUT2D eigenvalue weighted by atomic mass is 16.5. The highest BCUT2D eigenvalue weighted by Crippen LogP contribution is 2.53. The van der Waals surface area contributed by atoms with Crippen molar-refractivity contribution in [3.63, 3.8) is 0 Å². The standard InChI is InChI=1S/C20H28O3/c1-6-12(2)19(21)23-16-7-14(4)20(5)10-17-13(3)11-22-18(17)9-15(20)8-16/h6,11,14-16H,7-10H2,1-5H3/b12-6+/t14-,15+,16+,20+/m0/s1. The molecule has 0 aliphatic heterocycles. The molecule has 1 saturated carbocycles. The molecule has 1 fully saturated rings. The molecule has 1 heterocycles. The quantitative estimate of drug-likeness (QED) is 0.590. The van der Waals surface area contributed by atoms with E-state index in [1.54, 1.807) is 0 Å². The van der Waals surface area contributed by atoms with Crippen molar-refractivity contribution in [1.82, 2.24) is 0 Å². The summed E-state index contributed by atoms with van der Waals surface area (Å²) in [6, 6.07) is 0. The van der Waals surface area contributed by atoms with E-state index in [0.717, 1.165) is 31.4 Å². The average Bonchev–Trinajstić information content (AvgIpc) is 2.86. The number of esters is 1. The lowest BCUT2D eigenvalue weighted by Crippen LogP contribution is -2.48. The van der Waals surface area contributed by atoms with Gasteiger partial charge < -0.3 is 9.15 Å². The molecule has 0 radical (unpaired) electrons. The number of fused-ring (bicyclic) bond motifs is 2. The van der Waals surface area contributed by atoms with Gasteiger partial charge >= 0.3 is 5.97 Å². The normalized spacial score (nSPS) is 33.8. The Morgan fingerprint density at radius 2 is 2.17 bits per heavy atom. The van der Waals surface area contributed by atoms with Gasteiger partial charge in [0, 0.05) is 12.0 Å². The molecule has 0 amide bonds. The lowest BCUT2D eigenvalue weighted by Gasteiger charge is -2.51. The summed E-state index contributed by atoms with van der Waals surface area (Å²) in [6.07, 6.45) is 7.71. The van der Waals surface area contributed by atoms with Crippen molar-refractivity contribution >= 4 is 5.97 Å². The minimum absolute atomic E-state index is 0.0306. The summed E-state index contributed by atoms with van der Waals surface area (Å²) in [7, 11) is 0. The van der Waals surface area contributed by atoms with Gasteiger partial charge in [-0.1, -0.05) is 19.9 Å². The number of hydrogen-bond donors (Lipinski definition) is 0. The molecule has 2 aliphatic carbocycles. The molecule has 0 saturated heterocycles. The first-order chi connectivity index (χ1) is 10.8. The van der Waals surface area contributed by atoms with Gasteiger partial charge in [-0.2, -0.15) is 0 Å². The zero-order chi connectivity index (χ0) is 16.8. The fraction of sp³-hybridized carbons (Fsp3) is 0.650. The summed E-state index contributed by atoms with van der Waals surface area (Å²) in [4.78, 5) is 12.1. The third-order valence-electron chi connectivity index (χ3n) is 6.43. The molecular weight excluding hydrogens is 288 g/mol. The van der Waals surface area contributed by atoms with Crippen molar-refractivity contribution in [2.45, 2.75) is 66.4 Å². The van der Waals surface area contributed by atoms with Gasteiger partial charge in [0.2, 0.25) is 0 Å². The number of ether oxygens (including phenoxy) is 1. The lowest BCUT2D eigenvalue weighted by atomic mass is 9.55. The fourth-order valence-electron chi connectivity index (χ4n) is 4.38. The highest BCUT2D eigenvalue weighted by Gasteiger charge is 2.49. The predicted molar refractivity (Wildman–Crippen MR) is 90.2 cm³/mol. The van der Waals surface area contributed by atoms with Crippen LogP contribution in [-0.4, -0.2) is 12.1 Å². The third-order valence-corrected chi connectivity index (χ3v) is 6.43. The van der Waals surface area contributed by atoms with E-state index >= 15 is 0 Å². The molecule has 23 heavy (non-hydrogen) atoms. The molecule has 2 aliphatic rings. The Balaban J connectivity index is 1.79. The number of furan rings is 1. The summed E-state index contributed by atoms with van der Waals surface area (Å²) in [5, 5.41) is 0. The number of rotatable bonds is 2. The van der Waals surface area contributed by atoms with Crippen molar-refractivity contribution in [2.75, 3.05) is 0 Å². The van der Waals surface area contributed by atoms with E-state index in [0.29, 0.717) is 17.4 Å². The summed E-state index contributed by atoms with van der Waals surface area (Å²) in [6.45, 7) is 10.6. The first-order valence-corrected chi connectivity index (χ1v) is 8.75. The second-order valence-corrected chi connectivity index (χ2v) is 7.78. The van der Waals surface area contributed by atoms with Gasteiger partial charge in [-0.3, -0.25) is 0 Å². The Labute approximate surface area is 139 Å². The van der Waals surface area contributed by atoms with Crippen LogP contribution < -0.4 is 0 Å². The number of hydrogen-bond acceptors (Lipinski definition) is 3. The van der Waals surface area contributed by atoms with E-state index in [1.165, 1.54) is 11.1 Å². The molecule has 3 nitrogen and oxygen atoms in total. The summed E-state index contributed by atoms with van der Waals surface area (Å²) in [5.74, 6) is 2.04. The maximum Gasteiger partial charge on any atom is 0.333 e. The fourth-order valence-corrected chi connectivity index (χ4v) is 4.38. The third kappa shape index (κ3) is 2.75. The minimum Gasteiger partial charge on any atom is -0.469 e. The average molecular weight is 316 g/mol. The van der Waals surface area contributed by atoms with Crippen LogP contribution in [0.1, 0.15) is 57.4 Å². The maximum atomic E-state index is 12.1. The van der Waals surface area contributed by atoms with E-state index in [4.69, 9.17) is 9.15 Å². The molecule has 0 bridgehead atoms. The van der Waals surface area contributed by atoms with Crippen LogP contribution in [0, 0.1) is 24.2 Å². The molecular formula is C20H28O3. The van der Waals surface area contributed by atoms with Crippen LogP contribution in [0.3, 0.4) is 0 Å². The van der Waals surface area contributed by atoms with Crippen molar-refractivity contribution in [1.29, 1.82) is 0 Å². The van der Waals surface area contributed by atoms with Gasteiger partial charge in [-0.15, -0.1) is 0 Å². The smallest absolute Gasteiger partial charge is 0.333 e. The van der Waals surface area contributed by atoms with Crippen molar-refractivity contribution in [2.24, 2.45) is 17.3 Å². The maximum absolute atomic E-state index is 12.1. The van der Waals surface area contributed by atoms with Gasteiger partial charge in [-0.25, -0.2) is 4.79 Å². The first-order valence-electron chi connectivity index (χ1n) is 8.75. The van der Waals surface area contributed by atoms with Crippen LogP contribution in [0.15, 0.2) is 22.3 Å². The van der Waals surface area contributed by atoms with Gasteiger partial charge in [0.1, 0.15) is 11.9 Å². The largest absolute Gasteiger partial charge is 0.469 e. The highest BCUT2D eigenvalue weighted by molar-refractivity contribution is 5.87. The van der Waals surface area contributed by atoms with Crippen LogP contribution in [0.25, 0.3) is 0 Å². The van der Waals surface area contributed by atoms with E-state index < -0.39 is 0 Å². The van der Waals surface area contributed by atoms with Crippen LogP contribution in [0.2, 0.25) is 0 Å². The summed E-state index contributed by atoms with van der Waals surface area (Å²) >= 11 is 0. The molecule has 1 aromatic rings. The predicted octanol–water partition coefficient (Wildman–Crippen LogP) is 4.62. The number of aryl methyl sites for hydroxylation is 1. The van der Waals surface area contributed by atoms with Crippen LogP contribution in [0.5, 0.6) is 0 Å². The first kappa shape index (κ1) is 16.4. The van der Waals surface area contributed by atoms with Gasteiger partial charge in [0.15, 0.2) is 0 Å². The van der Waals surface area contributed by atoms with Crippen molar-refractivity contribution in [3.05, 3.63) is 34.8 Å². The second kappa shape index (κ2) is 5.85. The van der Waals surface area contributed by atoms with Crippen LogP contribution in [0.4, 0.5) is 0 Å². The summed E-state index contributed by atoms with van der Waals surface area (Å²) < 4.78 is 11.5. The Bertz CT molecular complexity index is 639. The monoisotopic (exact) mass is 316 g/mol. The van der Waals surface area contributed by atoms with E-state index in [2.05, 4.69) is 20.8 Å². The van der Waals surface area contributed by atoms with Gasteiger partial charge in [0.25, 0.3) is 0 Å². The zero-order valence-electron chi connectivity index (χ0n) is 14.9. The van der Waals surface area contributed by atoms with Crippen LogP contribution in [-0.2, 0) is 22.4 Å². The van der Waals surface area contributed by atoms with Crippen molar-refractivity contribution in [3.8, 4) is 0 Å². The SMILES string of the molecule is C/C=C(\C)C(=O)O[C@H]1C[C@@H]2Cc3occ(C)c3C[C@]2(C)[C@@H](C)C1. The molecule has 0 aromatic carbocycles. The molecule has 0 unspecified atom stereocenters. The Kier molecular flexibility index (Phi) is 4.16. The lowest BCUT2D eigenvalue weighted by molar-refractivity contribution is -0.151. The Morgan fingerprint density at radius 3 is 2.87 bits per heavy atom. The van der Waals surface area contributed by atoms with Gasteiger partial charge in [-0.05, 0) is 68.4 Å². The Hall–Kier alpha value is -1.51. The molecule has 0 N–H and O–H groups in total. The number of carbonyl (C=O) groups is 1. The molecule has 3 rings (SSSR count). The molecule has 126 valence electrons. The van der Waals surface area contributed by atoms with E-state index in [9.17, 15) is 4.79 Å². The molecule has 0 spiro atoms. The van der Waals surface area contributed by atoms with E-state index in [1.807, 2.05) is 26.2 Å². The molecule has 1 aromatic heterocycles. The topological polar surface area (TPSA) is 39.4 Å².